The third-order valence-corrected chi connectivity index (χ3v) is 4.81. The molecule has 100 valence electrons. The van der Waals surface area contributed by atoms with Crippen LogP contribution in [0.3, 0.4) is 0 Å². The zero-order valence-electron chi connectivity index (χ0n) is 10.4. The highest BCUT2D eigenvalue weighted by Crippen LogP contribution is 2.31. The Morgan fingerprint density at radius 1 is 1.72 bits per heavy atom. The first kappa shape index (κ1) is 13.8. The lowest BCUT2D eigenvalue weighted by atomic mass is 9.79. The number of carbonyl (C=O) groups excluding carboxylic acids is 1. The summed E-state index contributed by atoms with van der Waals surface area (Å²) in [6.07, 6.45) is 3.70. The standard InChI is InChI=1S/C13H18ClNO2S/c1-9-3-2-5-13(17,7-9)8-15-12(16)11-10(14)4-6-18-11/h4,6,9,17H,2-3,5,7-8H2,1H3,(H,15,16). The molecule has 1 fully saturated rings. The summed E-state index contributed by atoms with van der Waals surface area (Å²) < 4.78 is 0. The van der Waals surface area contributed by atoms with Gasteiger partial charge in [0.1, 0.15) is 4.88 Å². The molecule has 1 aromatic heterocycles. The van der Waals surface area contributed by atoms with E-state index in [-0.39, 0.29) is 5.91 Å². The van der Waals surface area contributed by atoms with Gasteiger partial charge in [-0.05, 0) is 30.2 Å². The van der Waals surface area contributed by atoms with Crippen molar-refractivity contribution in [2.24, 2.45) is 5.92 Å². The topological polar surface area (TPSA) is 49.3 Å². The molecule has 1 heterocycles. The van der Waals surface area contributed by atoms with E-state index in [2.05, 4.69) is 12.2 Å². The molecule has 0 aromatic carbocycles. The Hall–Kier alpha value is -0.580. The van der Waals surface area contributed by atoms with E-state index in [9.17, 15) is 9.90 Å². The predicted molar refractivity (Wildman–Crippen MR) is 74.2 cm³/mol. The lowest BCUT2D eigenvalue weighted by Gasteiger charge is -2.35. The van der Waals surface area contributed by atoms with Crippen LogP contribution in [0.2, 0.25) is 5.02 Å². The number of aliphatic hydroxyl groups is 1. The Morgan fingerprint density at radius 3 is 3.11 bits per heavy atom. The minimum Gasteiger partial charge on any atom is -0.388 e. The van der Waals surface area contributed by atoms with Crippen molar-refractivity contribution in [3.8, 4) is 0 Å². The van der Waals surface area contributed by atoms with Gasteiger partial charge in [-0.15, -0.1) is 11.3 Å². The first-order chi connectivity index (χ1) is 8.50. The van der Waals surface area contributed by atoms with Crippen LogP contribution in [0.15, 0.2) is 11.4 Å². The van der Waals surface area contributed by atoms with E-state index >= 15 is 0 Å². The van der Waals surface area contributed by atoms with Crippen molar-refractivity contribution in [3.63, 3.8) is 0 Å². The van der Waals surface area contributed by atoms with Crippen LogP contribution in [-0.4, -0.2) is 23.2 Å². The van der Waals surface area contributed by atoms with E-state index in [1.807, 2.05) is 0 Å². The molecule has 1 amide bonds. The Morgan fingerprint density at radius 2 is 2.50 bits per heavy atom. The zero-order valence-corrected chi connectivity index (χ0v) is 12.0. The number of nitrogens with one attached hydrogen (secondary N) is 1. The maximum Gasteiger partial charge on any atom is 0.262 e. The van der Waals surface area contributed by atoms with Gasteiger partial charge in [0.05, 0.1) is 10.6 Å². The molecule has 1 aromatic rings. The van der Waals surface area contributed by atoms with Crippen LogP contribution in [0.5, 0.6) is 0 Å². The number of amides is 1. The third-order valence-electron chi connectivity index (χ3n) is 3.47. The summed E-state index contributed by atoms with van der Waals surface area (Å²) in [5, 5.41) is 15.5. The Kier molecular flexibility index (Phi) is 4.30. The Labute approximate surface area is 116 Å². The average Bonchev–Trinajstić information content (AvgIpc) is 2.72. The molecule has 1 saturated carbocycles. The highest BCUT2D eigenvalue weighted by atomic mass is 35.5. The van der Waals surface area contributed by atoms with Gasteiger partial charge in [0.25, 0.3) is 5.91 Å². The van der Waals surface area contributed by atoms with Gasteiger partial charge in [-0.2, -0.15) is 0 Å². The molecule has 0 bridgehead atoms. The molecule has 0 saturated heterocycles. The highest BCUT2D eigenvalue weighted by molar-refractivity contribution is 7.12. The monoisotopic (exact) mass is 287 g/mol. The second-order valence-electron chi connectivity index (χ2n) is 5.21. The van der Waals surface area contributed by atoms with Gasteiger partial charge in [0.2, 0.25) is 0 Å². The number of hydrogen-bond donors (Lipinski definition) is 2. The van der Waals surface area contributed by atoms with Crippen LogP contribution in [0, 0.1) is 5.92 Å². The van der Waals surface area contributed by atoms with Crippen molar-refractivity contribution in [2.75, 3.05) is 6.54 Å². The maximum atomic E-state index is 11.9. The summed E-state index contributed by atoms with van der Waals surface area (Å²) in [5.74, 6) is 0.327. The zero-order chi connectivity index (χ0) is 13.2. The fourth-order valence-corrected chi connectivity index (χ4v) is 3.63. The summed E-state index contributed by atoms with van der Waals surface area (Å²) in [5.41, 5.74) is -0.753. The molecule has 3 nitrogen and oxygen atoms in total. The molecule has 1 aliphatic rings. The molecule has 2 atom stereocenters. The molecule has 18 heavy (non-hydrogen) atoms. The Balaban J connectivity index is 1.91. The maximum absolute atomic E-state index is 11.9. The van der Waals surface area contributed by atoms with Crippen LogP contribution in [-0.2, 0) is 0 Å². The van der Waals surface area contributed by atoms with Crippen LogP contribution < -0.4 is 5.32 Å². The van der Waals surface area contributed by atoms with Crippen molar-refractivity contribution in [2.45, 2.75) is 38.2 Å². The summed E-state index contributed by atoms with van der Waals surface area (Å²) in [4.78, 5) is 12.4. The third kappa shape index (κ3) is 3.25. The van der Waals surface area contributed by atoms with E-state index in [1.165, 1.54) is 11.3 Å². The van der Waals surface area contributed by atoms with Crippen molar-refractivity contribution >= 4 is 28.8 Å². The van der Waals surface area contributed by atoms with E-state index < -0.39 is 5.60 Å². The molecule has 0 radical (unpaired) electrons. The Bertz CT molecular complexity index is 434. The first-order valence-corrected chi connectivity index (χ1v) is 7.49. The fourth-order valence-electron chi connectivity index (χ4n) is 2.57. The summed E-state index contributed by atoms with van der Waals surface area (Å²) in [7, 11) is 0. The normalized spacial score (nSPS) is 28.1. The molecule has 2 unspecified atom stereocenters. The summed E-state index contributed by atoms with van der Waals surface area (Å²) in [6.45, 7) is 2.45. The SMILES string of the molecule is CC1CCCC(O)(CNC(=O)c2sccc2Cl)C1. The van der Waals surface area contributed by atoms with Crippen molar-refractivity contribution in [1.29, 1.82) is 0 Å². The predicted octanol–water partition coefficient (Wildman–Crippen LogP) is 3.07. The van der Waals surface area contributed by atoms with Crippen molar-refractivity contribution in [3.05, 3.63) is 21.3 Å². The fraction of sp³-hybridized carbons (Fsp3) is 0.615. The van der Waals surface area contributed by atoms with Gasteiger partial charge in [0.15, 0.2) is 0 Å². The van der Waals surface area contributed by atoms with Gasteiger partial charge in [-0.1, -0.05) is 31.4 Å². The number of rotatable bonds is 3. The molecule has 2 rings (SSSR count). The number of halogens is 1. The molecular formula is C13H18ClNO2S. The van der Waals surface area contributed by atoms with E-state index in [0.717, 1.165) is 25.7 Å². The van der Waals surface area contributed by atoms with Gasteiger partial charge in [-0.3, -0.25) is 4.79 Å². The van der Waals surface area contributed by atoms with Gasteiger partial charge in [-0.25, -0.2) is 0 Å². The van der Waals surface area contributed by atoms with Crippen molar-refractivity contribution in [1.82, 2.24) is 5.32 Å². The van der Waals surface area contributed by atoms with Crippen LogP contribution in [0.25, 0.3) is 0 Å². The number of thiophene rings is 1. The minimum absolute atomic E-state index is 0.193. The molecular weight excluding hydrogens is 270 g/mol. The lowest BCUT2D eigenvalue weighted by Crippen LogP contribution is -2.45. The van der Waals surface area contributed by atoms with Crippen LogP contribution >= 0.6 is 22.9 Å². The van der Waals surface area contributed by atoms with Crippen molar-refractivity contribution < 1.29 is 9.90 Å². The molecule has 0 spiro atoms. The molecule has 1 aliphatic carbocycles. The molecule has 0 aliphatic heterocycles. The van der Waals surface area contributed by atoms with E-state index in [0.29, 0.717) is 22.4 Å². The second kappa shape index (κ2) is 5.59. The summed E-state index contributed by atoms with van der Waals surface area (Å²) >= 11 is 7.22. The van der Waals surface area contributed by atoms with Crippen LogP contribution in [0.1, 0.15) is 42.3 Å². The largest absolute Gasteiger partial charge is 0.388 e. The number of hydrogen-bond acceptors (Lipinski definition) is 3. The highest BCUT2D eigenvalue weighted by Gasteiger charge is 2.33. The molecule has 5 heteroatoms. The number of carbonyl (C=O) groups is 1. The first-order valence-electron chi connectivity index (χ1n) is 6.24. The van der Waals surface area contributed by atoms with Gasteiger partial charge < -0.3 is 10.4 Å². The van der Waals surface area contributed by atoms with Gasteiger partial charge in [0, 0.05) is 6.54 Å². The quantitative estimate of drug-likeness (QED) is 0.898. The lowest BCUT2D eigenvalue weighted by molar-refractivity contribution is -0.0109. The van der Waals surface area contributed by atoms with E-state index in [4.69, 9.17) is 11.6 Å². The summed E-state index contributed by atoms with van der Waals surface area (Å²) in [6, 6.07) is 1.71. The molecule has 2 N–H and O–H groups in total. The minimum atomic E-state index is -0.753. The second-order valence-corrected chi connectivity index (χ2v) is 6.53. The average molecular weight is 288 g/mol. The smallest absolute Gasteiger partial charge is 0.262 e. The van der Waals surface area contributed by atoms with Crippen LogP contribution in [0.4, 0.5) is 0 Å². The van der Waals surface area contributed by atoms with Gasteiger partial charge >= 0.3 is 0 Å². The van der Waals surface area contributed by atoms with E-state index in [1.54, 1.807) is 11.4 Å².